The van der Waals surface area contributed by atoms with Gasteiger partial charge in [-0.3, -0.25) is 4.90 Å². The predicted octanol–water partition coefficient (Wildman–Crippen LogP) is 2.83. The molecule has 1 aliphatic heterocycles. The zero-order chi connectivity index (χ0) is 17.4. The largest absolute Gasteiger partial charge is 0.497 e. The summed E-state index contributed by atoms with van der Waals surface area (Å²) in [6.07, 6.45) is 4.32. The number of aliphatic hydroxyl groups is 1. The molecule has 2 fully saturated rings. The molecule has 2 atom stereocenters. The Morgan fingerprint density at radius 1 is 1.28 bits per heavy atom. The number of benzene rings is 1. The van der Waals surface area contributed by atoms with E-state index in [1.165, 1.54) is 0 Å². The first kappa shape index (κ1) is 16.5. The average molecular weight is 343 g/mol. The van der Waals surface area contributed by atoms with Gasteiger partial charge in [-0.25, -0.2) is 0 Å². The van der Waals surface area contributed by atoms with E-state index >= 15 is 0 Å². The van der Waals surface area contributed by atoms with Gasteiger partial charge in [-0.2, -0.15) is 4.98 Å². The first-order valence-corrected chi connectivity index (χ1v) is 9.01. The first-order chi connectivity index (χ1) is 12.1. The Balaban J connectivity index is 1.50. The van der Waals surface area contributed by atoms with Crippen LogP contribution in [0.25, 0.3) is 0 Å². The molecule has 1 N–H and O–H groups in total. The highest BCUT2D eigenvalue weighted by molar-refractivity contribution is 5.31. The van der Waals surface area contributed by atoms with Crippen molar-refractivity contribution in [2.45, 2.75) is 56.7 Å². The van der Waals surface area contributed by atoms with E-state index in [0.29, 0.717) is 12.5 Å². The van der Waals surface area contributed by atoms with Crippen LogP contribution in [0.4, 0.5) is 0 Å². The van der Waals surface area contributed by atoms with E-state index < -0.39 is 5.60 Å². The van der Waals surface area contributed by atoms with E-state index in [9.17, 15) is 5.11 Å². The fourth-order valence-corrected chi connectivity index (χ4v) is 3.78. The van der Waals surface area contributed by atoms with Crippen molar-refractivity contribution in [1.29, 1.82) is 0 Å². The van der Waals surface area contributed by atoms with E-state index in [1.54, 1.807) is 7.11 Å². The quantitative estimate of drug-likeness (QED) is 0.870. The maximum Gasteiger partial charge on any atom is 0.229 e. The third-order valence-corrected chi connectivity index (χ3v) is 5.44. The maximum absolute atomic E-state index is 11.3. The summed E-state index contributed by atoms with van der Waals surface area (Å²) < 4.78 is 10.6. The molecule has 0 spiro atoms. The van der Waals surface area contributed by atoms with Crippen LogP contribution in [0.3, 0.4) is 0 Å². The lowest BCUT2D eigenvalue weighted by molar-refractivity contribution is -0.0262. The molecule has 6 nitrogen and oxygen atoms in total. The lowest BCUT2D eigenvalue weighted by Crippen LogP contribution is -2.45. The third-order valence-electron chi connectivity index (χ3n) is 5.44. The molecule has 0 bridgehead atoms. The van der Waals surface area contributed by atoms with Gasteiger partial charge in [0, 0.05) is 12.0 Å². The molecular formula is C19H25N3O3. The van der Waals surface area contributed by atoms with Gasteiger partial charge in [0.15, 0.2) is 5.82 Å². The molecule has 1 saturated heterocycles. The minimum absolute atomic E-state index is 0.0313. The predicted molar refractivity (Wildman–Crippen MR) is 92.3 cm³/mol. The Morgan fingerprint density at radius 3 is 2.72 bits per heavy atom. The summed E-state index contributed by atoms with van der Waals surface area (Å²) in [4.78, 5) is 6.80. The van der Waals surface area contributed by atoms with E-state index in [-0.39, 0.29) is 6.04 Å². The van der Waals surface area contributed by atoms with Gasteiger partial charge >= 0.3 is 0 Å². The molecule has 1 aromatic carbocycles. The van der Waals surface area contributed by atoms with Crippen molar-refractivity contribution in [1.82, 2.24) is 15.0 Å². The van der Waals surface area contributed by atoms with Gasteiger partial charge in [-0.05, 0) is 56.8 Å². The van der Waals surface area contributed by atoms with Crippen molar-refractivity contribution in [3.05, 3.63) is 41.5 Å². The van der Waals surface area contributed by atoms with Crippen LogP contribution in [0.5, 0.6) is 5.75 Å². The molecule has 25 heavy (non-hydrogen) atoms. The lowest BCUT2D eigenvalue weighted by Gasteiger charge is -2.36. The number of methoxy groups -OCH3 is 1. The van der Waals surface area contributed by atoms with Crippen LogP contribution in [0, 0.1) is 0 Å². The maximum atomic E-state index is 11.3. The molecule has 0 radical (unpaired) electrons. The van der Waals surface area contributed by atoms with Gasteiger partial charge in [0.2, 0.25) is 5.89 Å². The molecule has 1 saturated carbocycles. The van der Waals surface area contributed by atoms with Gasteiger partial charge in [-0.15, -0.1) is 0 Å². The molecule has 2 unspecified atom stereocenters. The van der Waals surface area contributed by atoms with Crippen LogP contribution in [0.1, 0.15) is 55.8 Å². The van der Waals surface area contributed by atoms with Crippen molar-refractivity contribution in [3.63, 3.8) is 0 Å². The highest BCUT2D eigenvalue weighted by Crippen LogP contribution is 2.39. The minimum atomic E-state index is -0.939. The fraction of sp³-hybridized carbons (Fsp3) is 0.579. The van der Waals surface area contributed by atoms with E-state index in [2.05, 4.69) is 15.0 Å². The van der Waals surface area contributed by atoms with Gasteiger partial charge < -0.3 is 14.4 Å². The standard InChI is InChI=1S/C19H25N3O3/c1-19(23,14-7-9-15(24-2)10-8-14)16-4-3-11-22(16)12-17-20-18(25-21-17)13-5-6-13/h7-10,13,16,23H,3-6,11-12H2,1-2H3. The Hall–Kier alpha value is -1.92. The van der Waals surface area contributed by atoms with E-state index in [4.69, 9.17) is 9.26 Å². The van der Waals surface area contributed by atoms with Crippen LogP contribution in [0.15, 0.2) is 28.8 Å². The lowest BCUT2D eigenvalue weighted by atomic mass is 9.86. The summed E-state index contributed by atoms with van der Waals surface area (Å²) in [7, 11) is 1.65. The highest BCUT2D eigenvalue weighted by atomic mass is 16.5. The smallest absolute Gasteiger partial charge is 0.229 e. The van der Waals surface area contributed by atoms with Crippen molar-refractivity contribution in [2.75, 3.05) is 13.7 Å². The van der Waals surface area contributed by atoms with Gasteiger partial charge in [0.05, 0.1) is 13.7 Å². The summed E-state index contributed by atoms with van der Waals surface area (Å²) in [5, 5.41) is 15.4. The highest BCUT2D eigenvalue weighted by Gasteiger charge is 2.41. The fourth-order valence-electron chi connectivity index (χ4n) is 3.78. The van der Waals surface area contributed by atoms with Gasteiger partial charge in [0.1, 0.15) is 11.4 Å². The molecule has 4 rings (SSSR count). The Morgan fingerprint density at radius 2 is 2.04 bits per heavy atom. The second-order valence-corrected chi connectivity index (χ2v) is 7.33. The molecule has 2 heterocycles. The molecule has 0 amide bonds. The van der Waals surface area contributed by atoms with Gasteiger partial charge in [-0.1, -0.05) is 17.3 Å². The normalized spacial score (nSPS) is 23.6. The number of nitrogens with zero attached hydrogens (tertiary/aromatic N) is 3. The first-order valence-electron chi connectivity index (χ1n) is 9.01. The minimum Gasteiger partial charge on any atom is -0.497 e. The summed E-state index contributed by atoms with van der Waals surface area (Å²) in [6.45, 7) is 3.45. The molecular weight excluding hydrogens is 318 g/mol. The second-order valence-electron chi connectivity index (χ2n) is 7.33. The Labute approximate surface area is 147 Å². The molecule has 2 aromatic rings. The van der Waals surface area contributed by atoms with Crippen LogP contribution < -0.4 is 4.74 Å². The second kappa shape index (κ2) is 6.42. The van der Waals surface area contributed by atoms with Crippen molar-refractivity contribution < 1.29 is 14.4 Å². The number of hydrogen-bond donors (Lipinski definition) is 1. The summed E-state index contributed by atoms with van der Waals surface area (Å²) in [5.41, 5.74) is -0.0387. The van der Waals surface area contributed by atoms with Crippen molar-refractivity contribution >= 4 is 0 Å². The zero-order valence-electron chi connectivity index (χ0n) is 14.8. The molecule has 134 valence electrons. The number of hydrogen-bond acceptors (Lipinski definition) is 6. The van der Waals surface area contributed by atoms with Gasteiger partial charge in [0.25, 0.3) is 0 Å². The van der Waals surface area contributed by atoms with Crippen LogP contribution in [0.2, 0.25) is 0 Å². The van der Waals surface area contributed by atoms with Crippen LogP contribution >= 0.6 is 0 Å². The third kappa shape index (κ3) is 3.28. The van der Waals surface area contributed by atoms with E-state index in [1.807, 2.05) is 31.2 Å². The number of ether oxygens (including phenoxy) is 1. The zero-order valence-corrected chi connectivity index (χ0v) is 14.8. The Bertz CT molecular complexity index is 722. The van der Waals surface area contributed by atoms with Crippen LogP contribution in [-0.4, -0.2) is 39.8 Å². The SMILES string of the molecule is COc1ccc(C(C)(O)C2CCCN2Cc2noc(C3CC3)n2)cc1. The van der Waals surface area contributed by atoms with Crippen molar-refractivity contribution in [3.8, 4) is 5.75 Å². The summed E-state index contributed by atoms with van der Waals surface area (Å²) >= 11 is 0. The number of aromatic nitrogens is 2. The van der Waals surface area contributed by atoms with E-state index in [0.717, 1.165) is 55.3 Å². The monoisotopic (exact) mass is 343 g/mol. The molecule has 2 aliphatic rings. The summed E-state index contributed by atoms with van der Waals surface area (Å²) in [5.74, 6) is 2.76. The summed E-state index contributed by atoms with van der Waals surface area (Å²) in [6, 6.07) is 7.70. The molecule has 1 aliphatic carbocycles. The van der Waals surface area contributed by atoms with Crippen LogP contribution in [-0.2, 0) is 12.1 Å². The average Bonchev–Trinajstić information content (AvgIpc) is 3.18. The Kier molecular flexibility index (Phi) is 4.25. The topological polar surface area (TPSA) is 71.6 Å². The number of rotatable bonds is 6. The van der Waals surface area contributed by atoms with Crippen molar-refractivity contribution in [2.24, 2.45) is 0 Å². The number of likely N-dealkylation sites (tertiary alicyclic amines) is 1. The molecule has 1 aromatic heterocycles. The molecule has 6 heteroatoms.